The van der Waals surface area contributed by atoms with Crippen LogP contribution in [0.1, 0.15) is 33.3 Å². The van der Waals surface area contributed by atoms with Crippen LogP contribution < -0.4 is 25.4 Å². The number of nitrogens with one attached hydrogen (secondary N) is 3. The van der Waals surface area contributed by atoms with Crippen molar-refractivity contribution in [2.75, 3.05) is 26.4 Å². The molecular weight excluding hydrogens is 447 g/mol. The van der Waals surface area contributed by atoms with E-state index in [9.17, 15) is 4.79 Å². The number of rotatable bonds is 6. The molecule has 0 fully saturated rings. The van der Waals surface area contributed by atoms with E-state index in [-0.39, 0.29) is 42.1 Å². The Morgan fingerprint density at radius 3 is 2.50 bits per heavy atom. The van der Waals surface area contributed by atoms with Gasteiger partial charge in [-0.3, -0.25) is 4.79 Å². The third-order valence-electron chi connectivity index (χ3n) is 3.59. The van der Waals surface area contributed by atoms with Gasteiger partial charge in [-0.05, 0) is 24.6 Å². The van der Waals surface area contributed by atoms with Crippen molar-refractivity contribution in [2.24, 2.45) is 10.4 Å². The zero-order valence-corrected chi connectivity index (χ0v) is 18.2. The monoisotopic (exact) mass is 476 g/mol. The lowest BCUT2D eigenvalue weighted by atomic mass is 9.96. The minimum atomic E-state index is -0.377. The summed E-state index contributed by atoms with van der Waals surface area (Å²) in [5.41, 5.74) is 0.667. The van der Waals surface area contributed by atoms with Crippen molar-refractivity contribution in [3.63, 3.8) is 0 Å². The third kappa shape index (κ3) is 6.89. The maximum atomic E-state index is 11.8. The van der Waals surface area contributed by atoms with E-state index in [0.717, 1.165) is 23.6 Å². The number of ether oxygens (including phenoxy) is 2. The van der Waals surface area contributed by atoms with Crippen molar-refractivity contribution < 1.29 is 14.3 Å². The molecule has 1 heterocycles. The molecule has 7 nitrogen and oxygen atoms in total. The molecule has 0 spiro atoms. The van der Waals surface area contributed by atoms with Crippen molar-refractivity contribution in [3.8, 4) is 11.5 Å². The van der Waals surface area contributed by atoms with Gasteiger partial charge in [-0.25, -0.2) is 4.99 Å². The van der Waals surface area contributed by atoms with E-state index in [1.807, 2.05) is 45.9 Å². The van der Waals surface area contributed by atoms with Crippen molar-refractivity contribution in [3.05, 3.63) is 23.8 Å². The molecule has 146 valence electrons. The normalized spacial score (nSPS) is 13.0. The molecule has 0 saturated heterocycles. The first-order chi connectivity index (χ1) is 11.9. The van der Waals surface area contributed by atoms with Gasteiger partial charge in [-0.1, -0.05) is 26.8 Å². The van der Waals surface area contributed by atoms with Crippen molar-refractivity contribution in [2.45, 2.75) is 34.2 Å². The Balaban J connectivity index is 0.00000338. The predicted molar refractivity (Wildman–Crippen MR) is 113 cm³/mol. The fourth-order valence-corrected chi connectivity index (χ4v) is 2.17. The number of benzene rings is 1. The summed E-state index contributed by atoms with van der Waals surface area (Å²) in [6.45, 7) is 10.4. The van der Waals surface area contributed by atoms with Crippen LogP contribution in [0.2, 0.25) is 0 Å². The molecule has 1 aromatic carbocycles. The van der Waals surface area contributed by atoms with Gasteiger partial charge in [-0.15, -0.1) is 24.0 Å². The molecule has 0 radical (unpaired) electrons. The zero-order chi connectivity index (χ0) is 18.3. The van der Waals surface area contributed by atoms with Crippen LogP contribution in [0, 0.1) is 5.41 Å². The SMILES string of the molecule is CCNC(=NCc1ccc2c(c1)OCO2)NCCNC(=O)C(C)(C)C.I. The number of nitrogens with zero attached hydrogens (tertiary/aromatic N) is 1. The third-order valence-corrected chi connectivity index (χ3v) is 3.59. The zero-order valence-electron chi connectivity index (χ0n) is 15.8. The summed E-state index contributed by atoms with van der Waals surface area (Å²) in [5.74, 6) is 2.28. The molecule has 2 rings (SSSR count). The predicted octanol–water partition coefficient (Wildman–Crippen LogP) is 2.25. The first kappa shape index (κ1) is 22.3. The first-order valence-corrected chi connectivity index (χ1v) is 8.59. The van der Waals surface area contributed by atoms with E-state index in [1.165, 1.54) is 0 Å². The van der Waals surface area contributed by atoms with Crippen LogP contribution in [0.4, 0.5) is 0 Å². The number of aliphatic imine (C=N–C) groups is 1. The molecule has 1 aliphatic rings. The Bertz CT molecular complexity index is 629. The second kappa shape index (κ2) is 10.4. The fraction of sp³-hybridized carbons (Fsp3) is 0.556. The highest BCUT2D eigenvalue weighted by Crippen LogP contribution is 2.32. The molecule has 0 aliphatic carbocycles. The highest BCUT2D eigenvalue weighted by molar-refractivity contribution is 14.0. The van der Waals surface area contributed by atoms with Crippen molar-refractivity contribution >= 4 is 35.8 Å². The number of halogens is 1. The summed E-state index contributed by atoms with van der Waals surface area (Å²) < 4.78 is 10.7. The van der Waals surface area contributed by atoms with E-state index >= 15 is 0 Å². The standard InChI is InChI=1S/C18H28N4O3.HI/c1-5-19-17(21-9-8-20-16(23)18(2,3)4)22-11-13-6-7-14-15(10-13)25-12-24-14;/h6-7,10H,5,8-9,11-12H2,1-4H3,(H,20,23)(H2,19,21,22);1H. The molecule has 1 aliphatic heterocycles. The highest BCUT2D eigenvalue weighted by atomic mass is 127. The molecule has 1 aromatic rings. The Morgan fingerprint density at radius 1 is 1.12 bits per heavy atom. The highest BCUT2D eigenvalue weighted by Gasteiger charge is 2.20. The molecule has 26 heavy (non-hydrogen) atoms. The van der Waals surface area contributed by atoms with Gasteiger partial charge in [0.2, 0.25) is 12.7 Å². The van der Waals surface area contributed by atoms with Crippen LogP contribution in [-0.4, -0.2) is 38.3 Å². The molecule has 0 atom stereocenters. The van der Waals surface area contributed by atoms with Crippen molar-refractivity contribution in [1.29, 1.82) is 0 Å². The maximum absolute atomic E-state index is 11.8. The summed E-state index contributed by atoms with van der Waals surface area (Å²) in [5, 5.41) is 9.32. The summed E-state index contributed by atoms with van der Waals surface area (Å²) >= 11 is 0. The van der Waals surface area contributed by atoms with Crippen LogP contribution in [0.15, 0.2) is 23.2 Å². The van der Waals surface area contributed by atoms with Gasteiger partial charge in [0.1, 0.15) is 0 Å². The summed E-state index contributed by atoms with van der Waals surface area (Å²) in [4.78, 5) is 16.4. The quantitative estimate of drug-likeness (QED) is 0.254. The smallest absolute Gasteiger partial charge is 0.231 e. The van der Waals surface area contributed by atoms with E-state index in [0.29, 0.717) is 25.6 Å². The number of hydrogen-bond donors (Lipinski definition) is 3. The number of carbonyl (C=O) groups is 1. The van der Waals surface area contributed by atoms with Crippen LogP contribution in [0.3, 0.4) is 0 Å². The molecule has 0 bridgehead atoms. The Kier molecular flexibility index (Phi) is 8.97. The molecular formula is C18H29IN4O3. The average molecular weight is 476 g/mol. The van der Waals surface area contributed by atoms with Gasteiger partial charge in [0, 0.05) is 25.0 Å². The minimum absolute atomic E-state index is 0. The second-order valence-corrected chi connectivity index (χ2v) is 6.82. The topological polar surface area (TPSA) is 84.0 Å². The van der Waals surface area contributed by atoms with E-state index in [2.05, 4.69) is 20.9 Å². The molecule has 1 amide bonds. The average Bonchev–Trinajstić information content (AvgIpc) is 3.02. The first-order valence-electron chi connectivity index (χ1n) is 8.59. The van der Waals surface area contributed by atoms with E-state index < -0.39 is 0 Å². The number of amides is 1. The lowest BCUT2D eigenvalue weighted by molar-refractivity contribution is -0.128. The van der Waals surface area contributed by atoms with Gasteiger partial charge in [0.05, 0.1) is 6.54 Å². The van der Waals surface area contributed by atoms with Crippen LogP contribution in [-0.2, 0) is 11.3 Å². The Labute approximate surface area is 172 Å². The molecule has 0 saturated carbocycles. The molecule has 0 unspecified atom stereocenters. The van der Waals surface area contributed by atoms with Gasteiger partial charge >= 0.3 is 0 Å². The van der Waals surface area contributed by atoms with Gasteiger partial charge < -0.3 is 25.4 Å². The maximum Gasteiger partial charge on any atom is 0.231 e. The number of fused-ring (bicyclic) bond motifs is 1. The summed E-state index contributed by atoms with van der Waals surface area (Å²) in [6, 6.07) is 5.82. The number of carbonyl (C=O) groups excluding carboxylic acids is 1. The van der Waals surface area contributed by atoms with Crippen LogP contribution >= 0.6 is 24.0 Å². The summed E-state index contributed by atoms with van der Waals surface area (Å²) in [7, 11) is 0. The minimum Gasteiger partial charge on any atom is -0.454 e. The van der Waals surface area contributed by atoms with Gasteiger partial charge in [-0.2, -0.15) is 0 Å². The molecule has 3 N–H and O–H groups in total. The molecule has 0 aromatic heterocycles. The van der Waals surface area contributed by atoms with Crippen LogP contribution in [0.5, 0.6) is 11.5 Å². The number of hydrogen-bond acceptors (Lipinski definition) is 4. The summed E-state index contributed by atoms with van der Waals surface area (Å²) in [6.07, 6.45) is 0. The lowest BCUT2D eigenvalue weighted by Crippen LogP contribution is -2.43. The lowest BCUT2D eigenvalue weighted by Gasteiger charge is -2.18. The van der Waals surface area contributed by atoms with Gasteiger partial charge in [0.25, 0.3) is 0 Å². The Morgan fingerprint density at radius 2 is 1.81 bits per heavy atom. The van der Waals surface area contributed by atoms with E-state index in [1.54, 1.807) is 0 Å². The van der Waals surface area contributed by atoms with Crippen LogP contribution in [0.25, 0.3) is 0 Å². The van der Waals surface area contributed by atoms with E-state index in [4.69, 9.17) is 9.47 Å². The Hall–Kier alpha value is -1.71. The molecule has 8 heteroatoms. The second-order valence-electron chi connectivity index (χ2n) is 6.82. The number of guanidine groups is 1. The van der Waals surface area contributed by atoms with Crippen molar-refractivity contribution in [1.82, 2.24) is 16.0 Å². The largest absolute Gasteiger partial charge is 0.454 e. The van der Waals surface area contributed by atoms with Gasteiger partial charge in [0.15, 0.2) is 17.5 Å². The fourth-order valence-electron chi connectivity index (χ4n) is 2.17.